The van der Waals surface area contributed by atoms with Crippen molar-refractivity contribution in [2.45, 2.75) is 26.4 Å². The minimum atomic E-state index is 0.389. The quantitative estimate of drug-likeness (QED) is 0.732. The number of hydrogen-bond donors (Lipinski definition) is 2. The summed E-state index contributed by atoms with van der Waals surface area (Å²) in [7, 11) is 0. The second-order valence-electron chi connectivity index (χ2n) is 3.44. The van der Waals surface area contributed by atoms with Crippen LogP contribution in [0.15, 0.2) is 24.3 Å². The van der Waals surface area contributed by atoms with Crippen LogP contribution in [0.1, 0.15) is 18.1 Å². The second kappa shape index (κ2) is 5.00. The zero-order valence-corrected chi connectivity index (χ0v) is 8.38. The van der Waals surface area contributed by atoms with E-state index in [1.54, 1.807) is 0 Å². The summed E-state index contributed by atoms with van der Waals surface area (Å²) in [6, 6.07) is 8.79. The molecule has 72 valence electrons. The monoisotopic (exact) mass is 178 g/mol. The van der Waals surface area contributed by atoms with Gasteiger partial charge in [0.25, 0.3) is 0 Å². The number of nitrogens with one attached hydrogen (secondary N) is 1. The normalized spacial score (nSPS) is 12.8. The van der Waals surface area contributed by atoms with E-state index in [1.165, 1.54) is 11.1 Å². The summed E-state index contributed by atoms with van der Waals surface area (Å²) in [5.41, 5.74) is 8.19. The van der Waals surface area contributed by atoms with Gasteiger partial charge in [0.2, 0.25) is 0 Å². The molecule has 1 aromatic rings. The Morgan fingerprint density at radius 3 is 2.69 bits per heavy atom. The van der Waals surface area contributed by atoms with E-state index in [0.717, 1.165) is 6.54 Å². The van der Waals surface area contributed by atoms with Crippen LogP contribution in [0.3, 0.4) is 0 Å². The molecule has 1 aromatic carbocycles. The average molecular weight is 178 g/mol. The summed E-state index contributed by atoms with van der Waals surface area (Å²) in [5, 5.41) is 3.36. The van der Waals surface area contributed by atoms with Gasteiger partial charge in [-0.25, -0.2) is 0 Å². The summed E-state index contributed by atoms with van der Waals surface area (Å²) in [4.78, 5) is 0. The second-order valence-corrected chi connectivity index (χ2v) is 3.44. The molecule has 1 unspecified atom stereocenters. The van der Waals surface area contributed by atoms with Gasteiger partial charge in [-0.3, -0.25) is 0 Å². The van der Waals surface area contributed by atoms with Gasteiger partial charge in [0.05, 0.1) is 0 Å². The molecular weight excluding hydrogens is 160 g/mol. The Balaban J connectivity index is 2.50. The number of rotatable bonds is 4. The first kappa shape index (κ1) is 10.2. The fourth-order valence-corrected chi connectivity index (χ4v) is 1.18. The lowest BCUT2D eigenvalue weighted by atomic mass is 10.1. The van der Waals surface area contributed by atoms with Gasteiger partial charge in [0.15, 0.2) is 0 Å². The Hall–Kier alpha value is -0.860. The van der Waals surface area contributed by atoms with Crippen molar-refractivity contribution in [3.05, 3.63) is 35.4 Å². The fraction of sp³-hybridized carbons (Fsp3) is 0.455. The first-order valence-corrected chi connectivity index (χ1v) is 4.72. The van der Waals surface area contributed by atoms with E-state index in [0.29, 0.717) is 12.6 Å². The summed E-state index contributed by atoms with van der Waals surface area (Å²) in [6.45, 7) is 5.82. The van der Waals surface area contributed by atoms with Crippen LogP contribution in [0.2, 0.25) is 0 Å². The zero-order valence-electron chi connectivity index (χ0n) is 8.38. The Labute approximate surface area is 80.1 Å². The lowest BCUT2D eigenvalue weighted by molar-refractivity contribution is 0.555. The van der Waals surface area contributed by atoms with E-state index >= 15 is 0 Å². The van der Waals surface area contributed by atoms with Gasteiger partial charge in [0.1, 0.15) is 0 Å². The maximum Gasteiger partial charge on any atom is 0.0211 e. The van der Waals surface area contributed by atoms with E-state index in [2.05, 4.69) is 43.4 Å². The molecule has 1 rings (SSSR count). The van der Waals surface area contributed by atoms with Gasteiger partial charge in [0, 0.05) is 19.1 Å². The Bertz CT molecular complexity index is 258. The largest absolute Gasteiger partial charge is 0.329 e. The molecule has 0 radical (unpaired) electrons. The van der Waals surface area contributed by atoms with Crippen molar-refractivity contribution in [2.75, 3.05) is 6.54 Å². The highest BCUT2D eigenvalue weighted by Gasteiger charge is 1.99. The molecule has 0 aliphatic rings. The van der Waals surface area contributed by atoms with E-state index < -0.39 is 0 Å². The van der Waals surface area contributed by atoms with Gasteiger partial charge in [-0.1, -0.05) is 24.3 Å². The molecular formula is C11H18N2. The number of nitrogens with two attached hydrogens (primary N) is 1. The average Bonchev–Trinajstić information content (AvgIpc) is 2.16. The highest BCUT2D eigenvalue weighted by atomic mass is 14.9. The highest BCUT2D eigenvalue weighted by molar-refractivity contribution is 5.25. The Kier molecular flexibility index (Phi) is 3.93. The first-order valence-electron chi connectivity index (χ1n) is 4.72. The molecule has 2 heteroatoms. The van der Waals surface area contributed by atoms with Crippen LogP contribution in [0.4, 0.5) is 0 Å². The summed E-state index contributed by atoms with van der Waals surface area (Å²) in [6.07, 6.45) is 0. The minimum Gasteiger partial charge on any atom is -0.329 e. The summed E-state index contributed by atoms with van der Waals surface area (Å²) >= 11 is 0. The third kappa shape index (κ3) is 3.17. The molecule has 0 saturated heterocycles. The van der Waals surface area contributed by atoms with Crippen LogP contribution in [0.25, 0.3) is 0 Å². The molecule has 0 bridgehead atoms. The lowest BCUT2D eigenvalue weighted by Crippen LogP contribution is -2.32. The fourth-order valence-electron chi connectivity index (χ4n) is 1.18. The van der Waals surface area contributed by atoms with Crippen LogP contribution in [-0.4, -0.2) is 12.6 Å². The van der Waals surface area contributed by atoms with Crippen molar-refractivity contribution in [2.24, 2.45) is 5.73 Å². The SMILES string of the molecule is Cc1ccccc1CNC(C)CN. The van der Waals surface area contributed by atoms with Crippen LogP contribution in [0.5, 0.6) is 0 Å². The maximum absolute atomic E-state index is 5.51. The highest BCUT2D eigenvalue weighted by Crippen LogP contribution is 2.06. The summed E-state index contributed by atoms with van der Waals surface area (Å²) < 4.78 is 0. The van der Waals surface area contributed by atoms with Crippen LogP contribution >= 0.6 is 0 Å². The number of benzene rings is 1. The molecule has 0 saturated carbocycles. The van der Waals surface area contributed by atoms with Gasteiger partial charge in [-0.2, -0.15) is 0 Å². The molecule has 0 fully saturated rings. The maximum atomic E-state index is 5.51. The van der Waals surface area contributed by atoms with Crippen molar-refractivity contribution >= 4 is 0 Å². The number of hydrogen-bond acceptors (Lipinski definition) is 2. The Morgan fingerprint density at radius 2 is 2.08 bits per heavy atom. The predicted molar refractivity (Wildman–Crippen MR) is 56.5 cm³/mol. The van der Waals surface area contributed by atoms with Crippen molar-refractivity contribution in [3.8, 4) is 0 Å². The molecule has 0 aliphatic heterocycles. The minimum absolute atomic E-state index is 0.389. The standard InChI is InChI=1S/C11H18N2/c1-9-5-3-4-6-11(9)8-13-10(2)7-12/h3-6,10,13H,7-8,12H2,1-2H3. The molecule has 0 amide bonds. The molecule has 0 heterocycles. The van der Waals surface area contributed by atoms with E-state index in [9.17, 15) is 0 Å². The van der Waals surface area contributed by atoms with Crippen LogP contribution in [-0.2, 0) is 6.54 Å². The molecule has 3 N–H and O–H groups in total. The molecule has 0 aromatic heterocycles. The summed E-state index contributed by atoms with van der Waals surface area (Å²) in [5.74, 6) is 0. The smallest absolute Gasteiger partial charge is 0.0211 e. The predicted octanol–water partition coefficient (Wildman–Crippen LogP) is 1.43. The van der Waals surface area contributed by atoms with Crippen molar-refractivity contribution in [3.63, 3.8) is 0 Å². The van der Waals surface area contributed by atoms with Crippen molar-refractivity contribution < 1.29 is 0 Å². The van der Waals surface area contributed by atoms with Gasteiger partial charge >= 0.3 is 0 Å². The molecule has 1 atom stereocenters. The van der Waals surface area contributed by atoms with Crippen LogP contribution < -0.4 is 11.1 Å². The van der Waals surface area contributed by atoms with Gasteiger partial charge in [-0.05, 0) is 25.0 Å². The first-order chi connectivity index (χ1) is 6.24. The van der Waals surface area contributed by atoms with E-state index in [4.69, 9.17) is 5.73 Å². The topological polar surface area (TPSA) is 38.0 Å². The molecule has 2 nitrogen and oxygen atoms in total. The third-order valence-corrected chi connectivity index (χ3v) is 2.26. The Morgan fingerprint density at radius 1 is 1.38 bits per heavy atom. The number of aryl methyl sites for hydroxylation is 1. The van der Waals surface area contributed by atoms with E-state index in [-0.39, 0.29) is 0 Å². The third-order valence-electron chi connectivity index (χ3n) is 2.26. The van der Waals surface area contributed by atoms with Crippen LogP contribution in [0, 0.1) is 6.92 Å². The molecule has 13 heavy (non-hydrogen) atoms. The molecule has 0 aliphatic carbocycles. The van der Waals surface area contributed by atoms with E-state index in [1.807, 2.05) is 0 Å². The lowest BCUT2D eigenvalue weighted by Gasteiger charge is -2.12. The van der Waals surface area contributed by atoms with Crippen molar-refractivity contribution in [1.29, 1.82) is 0 Å². The van der Waals surface area contributed by atoms with Crippen molar-refractivity contribution in [1.82, 2.24) is 5.32 Å². The molecule has 0 spiro atoms. The van der Waals surface area contributed by atoms with Gasteiger partial charge in [-0.15, -0.1) is 0 Å². The zero-order chi connectivity index (χ0) is 9.68. The van der Waals surface area contributed by atoms with Gasteiger partial charge < -0.3 is 11.1 Å².